The maximum absolute atomic E-state index is 10.8. The van der Waals surface area contributed by atoms with Gasteiger partial charge in [-0.3, -0.25) is 0 Å². The lowest BCUT2D eigenvalue weighted by Gasteiger charge is -2.03. The summed E-state index contributed by atoms with van der Waals surface area (Å²) in [7, 11) is 1.64. The first-order valence-electron chi connectivity index (χ1n) is 4.11. The Morgan fingerprint density at radius 1 is 1.21 bits per heavy atom. The number of hydrogen-bond donors (Lipinski definition) is 0. The molecule has 14 heavy (non-hydrogen) atoms. The number of rotatable bonds is 3. The molecule has 5 heteroatoms. The Kier molecular flexibility index (Phi) is 3.81. The van der Waals surface area contributed by atoms with Gasteiger partial charge in [0.25, 0.3) is 0 Å². The fraction of sp³-hybridized carbons (Fsp3) is 0.333. The van der Waals surface area contributed by atoms with E-state index in [1.807, 2.05) is 13.0 Å². The Hall–Kier alpha value is -0.250. The van der Waals surface area contributed by atoms with Crippen LogP contribution in [0.15, 0.2) is 18.2 Å². The second-order valence-electron chi connectivity index (χ2n) is 3.00. The molecule has 0 heterocycles. The quantitative estimate of drug-likeness (QED) is 0.776. The molecule has 0 saturated carbocycles. The van der Waals surface area contributed by atoms with E-state index in [9.17, 15) is 8.42 Å². The number of aryl methyl sites for hydroxylation is 1. The lowest BCUT2D eigenvalue weighted by Crippen LogP contribution is -1.96. The van der Waals surface area contributed by atoms with Crippen molar-refractivity contribution in [3.63, 3.8) is 0 Å². The third-order valence-corrected chi connectivity index (χ3v) is 2.99. The van der Waals surface area contributed by atoms with E-state index in [1.165, 1.54) is 0 Å². The smallest absolute Gasteiger partial charge is 0.212 e. The van der Waals surface area contributed by atoms with Crippen LogP contribution in [0.5, 0.6) is 0 Å². The summed E-state index contributed by atoms with van der Waals surface area (Å²) < 4.78 is 21.7. The Bertz CT molecular complexity index is 426. The predicted octanol–water partition coefficient (Wildman–Crippen LogP) is 2.97. The third kappa shape index (κ3) is 3.86. The first-order valence-corrected chi connectivity index (χ1v) is 6.97. The molecule has 1 rings (SSSR count). The van der Waals surface area contributed by atoms with Gasteiger partial charge in [0.1, 0.15) is 0 Å². The summed E-state index contributed by atoms with van der Waals surface area (Å²) >= 11 is 5.82. The standard InChI is InChI=1S/C9H10Cl2O2S/c1-2-7-3-8(5-9(10)4-7)6-14(11,12)13/h3-5H,2,6H2,1H3. The van der Waals surface area contributed by atoms with Crippen LogP contribution in [0.4, 0.5) is 0 Å². The highest BCUT2D eigenvalue weighted by atomic mass is 35.7. The molecule has 0 aliphatic rings. The second kappa shape index (κ2) is 4.51. The fourth-order valence-corrected chi connectivity index (χ4v) is 2.43. The minimum absolute atomic E-state index is 0.178. The van der Waals surface area contributed by atoms with E-state index in [0.29, 0.717) is 10.6 Å². The highest BCUT2D eigenvalue weighted by Crippen LogP contribution is 2.18. The van der Waals surface area contributed by atoms with Crippen molar-refractivity contribution < 1.29 is 8.42 Å². The molecular formula is C9H10Cl2O2S. The zero-order valence-corrected chi connectivity index (χ0v) is 9.96. The average Bonchev–Trinajstić information content (AvgIpc) is 1.99. The maximum atomic E-state index is 10.8. The van der Waals surface area contributed by atoms with E-state index in [-0.39, 0.29) is 5.75 Å². The topological polar surface area (TPSA) is 34.1 Å². The summed E-state index contributed by atoms with van der Waals surface area (Å²) in [6.45, 7) is 1.98. The van der Waals surface area contributed by atoms with Crippen molar-refractivity contribution >= 4 is 31.3 Å². The van der Waals surface area contributed by atoms with Gasteiger partial charge in [-0.25, -0.2) is 8.42 Å². The molecule has 0 aliphatic heterocycles. The highest BCUT2D eigenvalue weighted by molar-refractivity contribution is 8.13. The lowest BCUT2D eigenvalue weighted by molar-refractivity contribution is 0.609. The molecule has 1 aromatic rings. The van der Waals surface area contributed by atoms with Crippen LogP contribution >= 0.6 is 22.3 Å². The van der Waals surface area contributed by atoms with Crippen LogP contribution in [0.1, 0.15) is 18.1 Å². The van der Waals surface area contributed by atoms with Gasteiger partial charge in [0.2, 0.25) is 9.05 Å². The maximum Gasteiger partial charge on any atom is 0.236 e. The summed E-state index contributed by atoms with van der Waals surface area (Å²) in [4.78, 5) is 0. The first kappa shape index (κ1) is 11.8. The number of halogens is 2. The van der Waals surface area contributed by atoms with Gasteiger partial charge in [-0.15, -0.1) is 0 Å². The molecule has 1 aromatic carbocycles. The molecule has 0 atom stereocenters. The molecule has 0 aliphatic carbocycles. The van der Waals surface area contributed by atoms with Crippen molar-refractivity contribution in [2.75, 3.05) is 0 Å². The van der Waals surface area contributed by atoms with Crippen LogP contribution in [0, 0.1) is 0 Å². The van der Waals surface area contributed by atoms with Gasteiger partial charge in [0.15, 0.2) is 0 Å². The van der Waals surface area contributed by atoms with E-state index >= 15 is 0 Å². The summed E-state index contributed by atoms with van der Waals surface area (Å²) in [5.74, 6) is -0.178. The predicted molar refractivity (Wildman–Crippen MR) is 59.3 cm³/mol. The molecule has 0 spiro atoms. The molecule has 0 radical (unpaired) electrons. The fourth-order valence-electron chi connectivity index (χ4n) is 1.20. The monoisotopic (exact) mass is 252 g/mol. The van der Waals surface area contributed by atoms with E-state index in [2.05, 4.69) is 0 Å². The summed E-state index contributed by atoms with van der Waals surface area (Å²) in [6.07, 6.45) is 0.815. The summed E-state index contributed by atoms with van der Waals surface area (Å²) in [5, 5.41) is 0.541. The highest BCUT2D eigenvalue weighted by Gasteiger charge is 2.08. The molecular weight excluding hydrogens is 243 g/mol. The summed E-state index contributed by atoms with van der Waals surface area (Å²) in [6, 6.07) is 5.22. The van der Waals surface area contributed by atoms with Gasteiger partial charge in [-0.1, -0.05) is 24.6 Å². The second-order valence-corrected chi connectivity index (χ2v) is 6.22. The molecule has 0 fully saturated rings. The molecule has 0 aromatic heterocycles. The van der Waals surface area contributed by atoms with Crippen molar-refractivity contribution in [2.24, 2.45) is 0 Å². The van der Waals surface area contributed by atoms with Gasteiger partial charge in [-0.05, 0) is 29.7 Å². The molecule has 0 N–H and O–H groups in total. The van der Waals surface area contributed by atoms with E-state index in [4.69, 9.17) is 22.3 Å². The Labute approximate surface area is 93.3 Å². The lowest BCUT2D eigenvalue weighted by atomic mass is 10.1. The van der Waals surface area contributed by atoms with Crippen molar-refractivity contribution in [3.05, 3.63) is 34.3 Å². The van der Waals surface area contributed by atoms with E-state index < -0.39 is 9.05 Å². The van der Waals surface area contributed by atoms with Crippen LogP contribution in [0.3, 0.4) is 0 Å². The van der Waals surface area contributed by atoms with Gasteiger partial charge in [0.05, 0.1) is 5.75 Å². The van der Waals surface area contributed by atoms with E-state index in [0.717, 1.165) is 12.0 Å². The summed E-state index contributed by atoms with van der Waals surface area (Å²) in [5.41, 5.74) is 1.64. The van der Waals surface area contributed by atoms with Crippen molar-refractivity contribution in [2.45, 2.75) is 19.1 Å². The van der Waals surface area contributed by atoms with Gasteiger partial charge in [-0.2, -0.15) is 0 Å². The molecule has 78 valence electrons. The third-order valence-electron chi connectivity index (χ3n) is 1.76. The van der Waals surface area contributed by atoms with Gasteiger partial charge < -0.3 is 0 Å². The molecule has 0 unspecified atom stereocenters. The Morgan fingerprint density at radius 2 is 1.79 bits per heavy atom. The number of hydrogen-bond acceptors (Lipinski definition) is 2. The Morgan fingerprint density at radius 3 is 2.29 bits per heavy atom. The molecule has 0 saturated heterocycles. The molecule has 2 nitrogen and oxygen atoms in total. The zero-order chi connectivity index (χ0) is 10.8. The van der Waals surface area contributed by atoms with Crippen molar-refractivity contribution in [1.82, 2.24) is 0 Å². The van der Waals surface area contributed by atoms with Crippen molar-refractivity contribution in [1.29, 1.82) is 0 Å². The number of benzene rings is 1. The molecule has 0 bridgehead atoms. The van der Waals surface area contributed by atoms with Gasteiger partial charge >= 0.3 is 0 Å². The van der Waals surface area contributed by atoms with Crippen LogP contribution in [-0.4, -0.2) is 8.42 Å². The van der Waals surface area contributed by atoms with Gasteiger partial charge in [0, 0.05) is 15.7 Å². The first-order chi connectivity index (χ1) is 6.40. The normalized spacial score (nSPS) is 11.6. The Balaban J connectivity index is 3.04. The minimum Gasteiger partial charge on any atom is -0.212 e. The van der Waals surface area contributed by atoms with Crippen LogP contribution in [0.25, 0.3) is 0 Å². The van der Waals surface area contributed by atoms with Crippen LogP contribution in [-0.2, 0) is 21.2 Å². The zero-order valence-electron chi connectivity index (χ0n) is 7.63. The molecule has 0 amide bonds. The van der Waals surface area contributed by atoms with Crippen LogP contribution < -0.4 is 0 Å². The minimum atomic E-state index is -3.51. The SMILES string of the molecule is CCc1cc(Cl)cc(CS(=O)(=O)Cl)c1. The van der Waals surface area contributed by atoms with Crippen LogP contribution in [0.2, 0.25) is 5.02 Å². The average molecular weight is 253 g/mol. The van der Waals surface area contributed by atoms with E-state index in [1.54, 1.807) is 12.1 Å². The van der Waals surface area contributed by atoms with Crippen molar-refractivity contribution in [3.8, 4) is 0 Å². The largest absolute Gasteiger partial charge is 0.236 e.